The molecule has 16 heteroatoms. The van der Waals surface area contributed by atoms with E-state index in [-0.39, 0.29) is 19.1 Å². The van der Waals surface area contributed by atoms with Crippen molar-refractivity contribution < 1.29 is 50.6 Å². The molecule has 2 aromatic carbocycles. The smallest absolute Gasteiger partial charge is 0.475 e. The van der Waals surface area contributed by atoms with Crippen molar-refractivity contribution >= 4 is 35.1 Å². The number of nitrogens with zero attached hydrogens (tertiary/aromatic N) is 4. The summed E-state index contributed by atoms with van der Waals surface area (Å²) in [6.45, 7) is 5.86. The molecule has 3 aromatic rings. The van der Waals surface area contributed by atoms with E-state index in [4.69, 9.17) is 26.2 Å². The fourth-order valence-electron chi connectivity index (χ4n) is 6.28. The Morgan fingerprint density at radius 2 is 1.60 bits per heavy atom. The highest BCUT2D eigenvalue weighted by atomic mass is 35.5. The topological polar surface area (TPSA) is 105 Å². The van der Waals surface area contributed by atoms with E-state index < -0.39 is 41.6 Å². The summed E-state index contributed by atoms with van der Waals surface area (Å²) in [6.07, 6.45) is -5.39. The van der Waals surface area contributed by atoms with Crippen LogP contribution in [0.5, 0.6) is 0 Å². The van der Waals surface area contributed by atoms with E-state index in [2.05, 4.69) is 34.3 Å². The highest BCUT2D eigenvalue weighted by Crippen LogP contribution is 2.40. The zero-order valence-corrected chi connectivity index (χ0v) is 28.1. The van der Waals surface area contributed by atoms with Crippen LogP contribution in [-0.4, -0.2) is 76.6 Å². The number of anilines is 1. The van der Waals surface area contributed by atoms with Crippen molar-refractivity contribution in [1.29, 1.82) is 0 Å². The number of piperidine rings is 2. The van der Waals surface area contributed by atoms with Gasteiger partial charge in [0.25, 0.3) is 0 Å². The number of likely N-dealkylation sites (tertiary alicyclic amines) is 1. The first-order valence-corrected chi connectivity index (χ1v) is 16.5. The molecule has 1 atom stereocenters. The first kappa shape index (κ1) is 38.5. The predicted octanol–water partition coefficient (Wildman–Crippen LogP) is 7.99. The zero-order chi connectivity index (χ0) is 36.8. The summed E-state index contributed by atoms with van der Waals surface area (Å²) in [6, 6.07) is 13.4. The van der Waals surface area contributed by atoms with Crippen LogP contribution in [0.25, 0.3) is 11.1 Å². The zero-order valence-electron chi connectivity index (χ0n) is 27.4. The van der Waals surface area contributed by atoms with Gasteiger partial charge in [-0.2, -0.15) is 31.4 Å². The summed E-state index contributed by atoms with van der Waals surface area (Å²) in [7, 11) is 0. The van der Waals surface area contributed by atoms with Crippen LogP contribution in [0.3, 0.4) is 0 Å². The highest BCUT2D eigenvalue weighted by Gasteiger charge is 2.43. The van der Waals surface area contributed by atoms with Gasteiger partial charge in [-0.05, 0) is 61.8 Å². The van der Waals surface area contributed by atoms with Crippen molar-refractivity contribution in [3.8, 4) is 11.1 Å². The third-order valence-electron chi connectivity index (χ3n) is 8.69. The summed E-state index contributed by atoms with van der Waals surface area (Å²) in [4.78, 5) is 37.2. The number of carboxylic acid groups (broad SMARTS) is 1. The van der Waals surface area contributed by atoms with Crippen LogP contribution < -0.4 is 4.90 Å². The van der Waals surface area contributed by atoms with Gasteiger partial charge in [-0.3, -0.25) is 9.48 Å². The number of aliphatic carboxylic acids is 1. The number of esters is 1. The van der Waals surface area contributed by atoms with Gasteiger partial charge < -0.3 is 19.6 Å². The van der Waals surface area contributed by atoms with E-state index in [0.29, 0.717) is 36.7 Å². The molecule has 2 fully saturated rings. The van der Waals surface area contributed by atoms with Crippen molar-refractivity contribution in [3.05, 3.63) is 70.5 Å². The summed E-state index contributed by atoms with van der Waals surface area (Å²) < 4.78 is 80.1. The fraction of sp³-hybridized carbons (Fsp3) is 0.471. The third kappa shape index (κ3) is 9.29. The van der Waals surface area contributed by atoms with E-state index in [1.807, 2.05) is 30.0 Å². The normalized spacial score (nSPS) is 17.2. The number of ether oxygens (including phenoxy) is 1. The first-order chi connectivity index (χ1) is 23.5. The Balaban J connectivity index is 0.000000727. The molecular formula is C34H37ClF6N4O5. The number of benzene rings is 2. The molecule has 1 aromatic heterocycles. The molecule has 3 heterocycles. The number of carboxylic acids is 1. The minimum atomic E-state index is -5.08. The molecule has 0 spiro atoms. The number of hydrogen-bond donors (Lipinski definition) is 1. The molecule has 272 valence electrons. The quantitative estimate of drug-likeness (QED) is 0.194. The third-order valence-corrected chi connectivity index (χ3v) is 8.92. The molecule has 0 radical (unpaired) electrons. The van der Waals surface area contributed by atoms with Gasteiger partial charge in [-0.15, -0.1) is 0 Å². The van der Waals surface area contributed by atoms with Crippen LogP contribution in [0.4, 0.5) is 32.0 Å². The number of hydrogen-bond acceptors (Lipinski definition) is 6. The summed E-state index contributed by atoms with van der Waals surface area (Å²) in [5.74, 6) is -3.20. The Bertz CT molecular complexity index is 1650. The second-order valence-corrected chi connectivity index (χ2v) is 12.3. The average molecular weight is 731 g/mol. The summed E-state index contributed by atoms with van der Waals surface area (Å²) in [5.41, 5.74) is 2.33. The van der Waals surface area contributed by atoms with Crippen molar-refractivity contribution in [1.82, 2.24) is 14.7 Å². The molecule has 2 saturated heterocycles. The Morgan fingerprint density at radius 3 is 2.16 bits per heavy atom. The van der Waals surface area contributed by atoms with E-state index in [1.165, 1.54) is 5.56 Å². The van der Waals surface area contributed by atoms with Crippen molar-refractivity contribution in [2.24, 2.45) is 0 Å². The SMILES string of the molecule is CCOC(=O)c1cnn(C2CCCN(c3cc(Cl)ccc3-c3ccc(C4CCN(C(=O)CC)CC4)cc3)C2)c1C(F)(F)F.O=C(O)C(F)(F)F. The standard InChI is InChI=1S/C32H36ClF3N4O3.C2HF3O2/c1-3-29(41)38-16-13-22(14-17-38)21-7-9-23(10-8-21)26-12-11-24(33)18-28(26)39-15-5-6-25(20-39)40-30(32(34,35)36)27(19-37-40)31(42)43-4-2;3-2(4,5)1(6)7/h7-12,18-19,22,25H,3-6,13-17,20H2,1-2H3;(H,6,7). The molecule has 1 amide bonds. The molecule has 1 unspecified atom stereocenters. The molecule has 5 rings (SSSR count). The Hall–Kier alpha value is -4.27. The molecule has 0 saturated carbocycles. The number of halogens is 7. The number of alkyl halides is 6. The molecule has 2 aliphatic rings. The molecule has 50 heavy (non-hydrogen) atoms. The molecule has 9 nitrogen and oxygen atoms in total. The largest absolute Gasteiger partial charge is 0.490 e. The Kier molecular flexibility index (Phi) is 12.5. The predicted molar refractivity (Wildman–Crippen MR) is 173 cm³/mol. The average Bonchev–Trinajstić information content (AvgIpc) is 3.55. The fourth-order valence-corrected chi connectivity index (χ4v) is 6.45. The van der Waals surface area contributed by atoms with Gasteiger partial charge in [0.15, 0.2) is 5.69 Å². The van der Waals surface area contributed by atoms with E-state index in [0.717, 1.165) is 53.6 Å². The van der Waals surface area contributed by atoms with Gasteiger partial charge in [-0.1, -0.05) is 48.9 Å². The lowest BCUT2D eigenvalue weighted by Gasteiger charge is -2.36. The lowest BCUT2D eigenvalue weighted by atomic mass is 9.88. The molecule has 0 aliphatic carbocycles. The van der Waals surface area contributed by atoms with Crippen molar-refractivity contribution in [3.63, 3.8) is 0 Å². The lowest BCUT2D eigenvalue weighted by Crippen LogP contribution is -2.38. The maximum atomic E-state index is 14.2. The molecule has 0 bridgehead atoms. The van der Waals surface area contributed by atoms with Gasteiger partial charge in [0.2, 0.25) is 5.91 Å². The number of carbonyl (C=O) groups excluding carboxylic acids is 2. The number of carbonyl (C=O) groups is 3. The lowest BCUT2D eigenvalue weighted by molar-refractivity contribution is -0.192. The maximum Gasteiger partial charge on any atom is 0.490 e. The Morgan fingerprint density at radius 1 is 0.960 bits per heavy atom. The second-order valence-electron chi connectivity index (χ2n) is 11.9. The number of amides is 1. The van der Waals surface area contributed by atoms with Gasteiger partial charge in [0.05, 0.1) is 18.8 Å². The van der Waals surface area contributed by atoms with Gasteiger partial charge in [0.1, 0.15) is 5.56 Å². The van der Waals surface area contributed by atoms with Crippen molar-refractivity contribution in [2.75, 3.05) is 37.7 Å². The van der Waals surface area contributed by atoms with E-state index >= 15 is 0 Å². The summed E-state index contributed by atoms with van der Waals surface area (Å²) >= 11 is 6.43. The highest BCUT2D eigenvalue weighted by molar-refractivity contribution is 6.31. The van der Waals surface area contributed by atoms with Gasteiger partial charge >= 0.3 is 24.3 Å². The van der Waals surface area contributed by atoms with Crippen LogP contribution >= 0.6 is 11.6 Å². The van der Waals surface area contributed by atoms with Crippen LogP contribution in [0, 0.1) is 0 Å². The second kappa shape index (κ2) is 16.2. The van der Waals surface area contributed by atoms with Crippen LogP contribution in [-0.2, 0) is 20.5 Å². The van der Waals surface area contributed by atoms with Gasteiger partial charge in [-0.25, -0.2) is 9.59 Å². The first-order valence-electron chi connectivity index (χ1n) is 16.1. The van der Waals surface area contributed by atoms with Crippen LogP contribution in [0.2, 0.25) is 5.02 Å². The number of aromatic nitrogens is 2. The van der Waals surface area contributed by atoms with E-state index in [1.54, 1.807) is 6.92 Å². The van der Waals surface area contributed by atoms with Gasteiger partial charge in [0, 0.05) is 48.9 Å². The monoisotopic (exact) mass is 730 g/mol. The van der Waals surface area contributed by atoms with Crippen LogP contribution in [0.1, 0.15) is 79.5 Å². The number of rotatable bonds is 7. The Labute approximate surface area is 289 Å². The molecule has 2 aliphatic heterocycles. The summed E-state index contributed by atoms with van der Waals surface area (Å²) in [5, 5.41) is 11.7. The minimum Gasteiger partial charge on any atom is -0.475 e. The molecular weight excluding hydrogens is 694 g/mol. The molecule has 1 N–H and O–H groups in total. The van der Waals surface area contributed by atoms with E-state index in [9.17, 15) is 35.9 Å². The van der Waals surface area contributed by atoms with Crippen LogP contribution in [0.15, 0.2) is 48.7 Å². The maximum absolute atomic E-state index is 14.2. The van der Waals surface area contributed by atoms with Crippen molar-refractivity contribution in [2.45, 2.75) is 70.3 Å². The minimum absolute atomic E-state index is 0.0315.